The van der Waals surface area contributed by atoms with Gasteiger partial charge < -0.3 is 0 Å². The number of nitrogens with zero attached hydrogens (tertiary/aromatic N) is 1. The van der Waals surface area contributed by atoms with Gasteiger partial charge in [0.2, 0.25) is 0 Å². The number of hydrogen-bond acceptors (Lipinski definition) is 2. The fraction of sp³-hybridized carbons (Fsp3) is 0.944. The minimum atomic E-state index is -0.496. The van der Waals surface area contributed by atoms with E-state index >= 15 is 0 Å². The van der Waals surface area contributed by atoms with Crippen molar-refractivity contribution in [3.63, 3.8) is 0 Å². The molecule has 0 saturated heterocycles. The number of nitroso groups, excluding NO2 is 1. The Morgan fingerprint density at radius 2 is 0.952 bits per heavy atom. The van der Waals surface area contributed by atoms with Crippen molar-refractivity contribution in [1.82, 2.24) is 0 Å². The fourth-order valence-electron chi connectivity index (χ4n) is 2.69. The van der Waals surface area contributed by atoms with Crippen LogP contribution in [0.2, 0.25) is 0 Å². The molecule has 0 saturated carbocycles. The van der Waals surface area contributed by atoms with Crippen LogP contribution in [0.3, 0.4) is 0 Å². The Labute approximate surface area is 131 Å². The Morgan fingerprint density at radius 3 is 1.29 bits per heavy atom. The number of unbranched alkanes of at least 4 members (excludes halogenated alkanes) is 14. The molecule has 0 spiro atoms. The second-order valence-electron chi connectivity index (χ2n) is 6.18. The molecule has 0 radical (unpaired) electrons. The molecule has 3 heteroatoms. The average molecular weight is 297 g/mol. The molecule has 0 aliphatic rings. The van der Waals surface area contributed by atoms with E-state index in [9.17, 15) is 9.70 Å². The SMILES string of the molecule is CCCCCCCCCCCCCCCCCC(=O)N=O. The zero-order valence-corrected chi connectivity index (χ0v) is 14.1. The molecule has 0 aromatic heterocycles. The third-order valence-corrected chi connectivity index (χ3v) is 4.10. The molecule has 21 heavy (non-hydrogen) atoms. The maximum Gasteiger partial charge on any atom is 0.286 e. The summed E-state index contributed by atoms with van der Waals surface area (Å²) >= 11 is 0. The Kier molecular flexibility index (Phi) is 16.7. The molecular formula is C18H35NO2. The first kappa shape index (κ1) is 20.3. The van der Waals surface area contributed by atoms with Gasteiger partial charge in [-0.2, -0.15) is 0 Å². The number of rotatable bonds is 16. The van der Waals surface area contributed by atoms with Crippen molar-refractivity contribution in [3.8, 4) is 0 Å². The number of carbonyl (C=O) groups is 1. The molecule has 124 valence electrons. The zero-order chi connectivity index (χ0) is 15.6. The van der Waals surface area contributed by atoms with Gasteiger partial charge >= 0.3 is 0 Å². The van der Waals surface area contributed by atoms with Crippen molar-refractivity contribution in [2.75, 3.05) is 0 Å². The molecule has 0 unspecified atom stereocenters. The van der Waals surface area contributed by atoms with Crippen molar-refractivity contribution >= 4 is 5.91 Å². The van der Waals surface area contributed by atoms with Gasteiger partial charge in [-0.3, -0.25) is 4.79 Å². The van der Waals surface area contributed by atoms with Gasteiger partial charge in [0.15, 0.2) is 0 Å². The second kappa shape index (κ2) is 17.3. The summed E-state index contributed by atoms with van der Waals surface area (Å²) in [6.07, 6.45) is 19.9. The summed E-state index contributed by atoms with van der Waals surface area (Å²) in [6.45, 7) is 2.27. The van der Waals surface area contributed by atoms with E-state index in [1.54, 1.807) is 0 Å². The third kappa shape index (κ3) is 17.2. The van der Waals surface area contributed by atoms with Crippen LogP contribution < -0.4 is 0 Å². The Hall–Kier alpha value is -0.730. The van der Waals surface area contributed by atoms with Gasteiger partial charge in [0.25, 0.3) is 5.91 Å². The van der Waals surface area contributed by atoms with E-state index in [1.165, 1.54) is 83.5 Å². The lowest BCUT2D eigenvalue weighted by atomic mass is 10.0. The van der Waals surface area contributed by atoms with E-state index < -0.39 is 5.91 Å². The first-order chi connectivity index (χ1) is 10.3. The summed E-state index contributed by atoms with van der Waals surface area (Å²) in [7, 11) is 0. The highest BCUT2D eigenvalue weighted by molar-refractivity contribution is 5.76. The predicted molar refractivity (Wildman–Crippen MR) is 90.3 cm³/mol. The van der Waals surface area contributed by atoms with Crippen LogP contribution in [0.15, 0.2) is 5.18 Å². The van der Waals surface area contributed by atoms with Crippen molar-refractivity contribution in [1.29, 1.82) is 0 Å². The molecule has 0 aliphatic heterocycles. The molecule has 0 fully saturated rings. The van der Waals surface area contributed by atoms with E-state index in [1.807, 2.05) is 0 Å². The van der Waals surface area contributed by atoms with E-state index in [4.69, 9.17) is 0 Å². The molecule has 0 bridgehead atoms. The normalized spacial score (nSPS) is 10.7. The van der Waals surface area contributed by atoms with Gasteiger partial charge in [0.1, 0.15) is 0 Å². The summed E-state index contributed by atoms with van der Waals surface area (Å²) in [5.41, 5.74) is 0. The van der Waals surface area contributed by atoms with Crippen LogP contribution in [-0.4, -0.2) is 5.91 Å². The second-order valence-corrected chi connectivity index (χ2v) is 6.18. The maximum atomic E-state index is 10.7. The molecule has 3 nitrogen and oxygen atoms in total. The van der Waals surface area contributed by atoms with Crippen LogP contribution in [0, 0.1) is 4.91 Å². The van der Waals surface area contributed by atoms with Gasteiger partial charge in [0.05, 0.1) is 0 Å². The average Bonchev–Trinajstić information content (AvgIpc) is 2.50. The lowest BCUT2D eigenvalue weighted by molar-refractivity contribution is -0.118. The predicted octanol–water partition coefficient (Wildman–Crippen LogP) is 6.54. The molecule has 0 aromatic rings. The smallest absolute Gasteiger partial charge is 0.269 e. The minimum absolute atomic E-state index is 0.335. The van der Waals surface area contributed by atoms with E-state index in [0.717, 1.165) is 12.8 Å². The fourth-order valence-corrected chi connectivity index (χ4v) is 2.69. The largest absolute Gasteiger partial charge is 0.286 e. The molecule has 1 amide bonds. The quantitative estimate of drug-likeness (QED) is 0.240. The van der Waals surface area contributed by atoms with Crippen LogP contribution in [0.5, 0.6) is 0 Å². The van der Waals surface area contributed by atoms with Crippen LogP contribution in [0.1, 0.15) is 110 Å². The lowest BCUT2D eigenvalue weighted by Crippen LogP contribution is -1.91. The molecular weight excluding hydrogens is 262 g/mol. The van der Waals surface area contributed by atoms with Gasteiger partial charge in [-0.1, -0.05) is 96.8 Å². The summed E-state index contributed by atoms with van der Waals surface area (Å²) in [5, 5.41) is 2.40. The molecule has 0 aliphatic carbocycles. The molecule has 0 rings (SSSR count). The molecule has 0 N–H and O–H groups in total. The lowest BCUT2D eigenvalue weighted by Gasteiger charge is -2.03. The van der Waals surface area contributed by atoms with Gasteiger partial charge in [-0.15, -0.1) is 4.91 Å². The summed E-state index contributed by atoms with van der Waals surface area (Å²) in [5.74, 6) is -0.496. The monoisotopic (exact) mass is 297 g/mol. The van der Waals surface area contributed by atoms with Gasteiger partial charge in [0, 0.05) is 11.6 Å². The molecule has 0 aromatic carbocycles. The highest BCUT2D eigenvalue weighted by Gasteiger charge is 1.99. The third-order valence-electron chi connectivity index (χ3n) is 4.10. The Morgan fingerprint density at radius 1 is 0.619 bits per heavy atom. The summed E-state index contributed by atoms with van der Waals surface area (Å²) in [6, 6.07) is 0. The highest BCUT2D eigenvalue weighted by Crippen LogP contribution is 2.13. The van der Waals surface area contributed by atoms with Crippen LogP contribution in [0.4, 0.5) is 0 Å². The zero-order valence-electron chi connectivity index (χ0n) is 14.1. The number of amides is 1. The summed E-state index contributed by atoms with van der Waals surface area (Å²) in [4.78, 5) is 20.6. The van der Waals surface area contributed by atoms with Crippen molar-refractivity contribution < 1.29 is 4.79 Å². The van der Waals surface area contributed by atoms with Gasteiger partial charge in [-0.05, 0) is 6.42 Å². The first-order valence-electron chi connectivity index (χ1n) is 9.17. The van der Waals surface area contributed by atoms with Crippen LogP contribution in [0.25, 0.3) is 0 Å². The van der Waals surface area contributed by atoms with Crippen molar-refractivity contribution in [2.24, 2.45) is 5.18 Å². The molecule has 0 heterocycles. The maximum absolute atomic E-state index is 10.7. The molecule has 0 atom stereocenters. The van der Waals surface area contributed by atoms with E-state index in [2.05, 4.69) is 12.1 Å². The van der Waals surface area contributed by atoms with Gasteiger partial charge in [-0.25, -0.2) is 0 Å². The Bertz CT molecular complexity index is 241. The Balaban J connectivity index is 2.99. The van der Waals surface area contributed by atoms with Crippen molar-refractivity contribution in [2.45, 2.75) is 110 Å². The van der Waals surface area contributed by atoms with Crippen molar-refractivity contribution in [3.05, 3.63) is 4.91 Å². The van der Waals surface area contributed by atoms with E-state index in [0.29, 0.717) is 6.42 Å². The van der Waals surface area contributed by atoms with Crippen LogP contribution >= 0.6 is 0 Å². The summed E-state index contributed by atoms with van der Waals surface area (Å²) < 4.78 is 0. The number of hydrogen-bond donors (Lipinski definition) is 0. The highest BCUT2D eigenvalue weighted by atomic mass is 16.3. The van der Waals surface area contributed by atoms with E-state index in [-0.39, 0.29) is 0 Å². The topological polar surface area (TPSA) is 46.5 Å². The first-order valence-corrected chi connectivity index (χ1v) is 9.17. The standard InChI is InChI=1S/C18H35NO2/c1-2-3-4-5-6-7-8-9-10-11-12-13-14-15-16-17-18(20)19-21/h2-17H2,1H3. The number of carbonyl (C=O) groups excluding carboxylic acids is 1. The van der Waals surface area contributed by atoms with Crippen LogP contribution in [-0.2, 0) is 4.79 Å². The minimum Gasteiger partial charge on any atom is -0.269 e.